The average molecular weight is 568 g/mol. The molecule has 1 unspecified atom stereocenters. The summed E-state index contributed by atoms with van der Waals surface area (Å²) in [5, 5.41) is 3.15. The molecule has 178 valence electrons. The molecule has 0 amide bonds. The summed E-state index contributed by atoms with van der Waals surface area (Å²) in [4.78, 5) is 7.47. The van der Waals surface area contributed by atoms with Gasteiger partial charge in [-0.15, -0.1) is 24.0 Å². The highest BCUT2D eigenvalue weighted by Gasteiger charge is 2.41. The summed E-state index contributed by atoms with van der Waals surface area (Å²) < 4.78 is 79.8. The van der Waals surface area contributed by atoms with Gasteiger partial charge in [-0.3, -0.25) is 9.89 Å². The fraction of sp³-hybridized carbons (Fsp3) is 0.632. The standard InChI is InChI=1S/C19H26F6N4O.HI/c1-14(19(23,24)25)28-6-8-29(9-7-28)17(26-2)27-11-15-4-3-5-16(10-15)12-30-13-18(20,21)22;/h3-5,10,14H,6-9,11-13H2,1-2H3,(H,26,27);1H. The molecular weight excluding hydrogens is 541 g/mol. The van der Waals surface area contributed by atoms with Gasteiger partial charge >= 0.3 is 12.4 Å². The molecule has 12 heteroatoms. The summed E-state index contributed by atoms with van der Waals surface area (Å²) >= 11 is 0. The third-order valence-electron chi connectivity index (χ3n) is 4.82. The summed E-state index contributed by atoms with van der Waals surface area (Å²) in [6.07, 6.45) is -8.62. The molecule has 2 rings (SSSR count). The van der Waals surface area contributed by atoms with E-state index < -0.39 is 25.0 Å². The van der Waals surface area contributed by atoms with Crippen molar-refractivity contribution in [3.05, 3.63) is 35.4 Å². The summed E-state index contributed by atoms with van der Waals surface area (Å²) in [7, 11) is 1.59. The van der Waals surface area contributed by atoms with Gasteiger partial charge in [-0.1, -0.05) is 24.3 Å². The third-order valence-corrected chi connectivity index (χ3v) is 4.82. The Morgan fingerprint density at radius 2 is 1.71 bits per heavy atom. The summed E-state index contributed by atoms with van der Waals surface area (Å²) in [5.74, 6) is 0.563. The number of hydrogen-bond acceptors (Lipinski definition) is 3. The molecule has 1 aliphatic heterocycles. The smallest absolute Gasteiger partial charge is 0.367 e. The van der Waals surface area contributed by atoms with E-state index in [4.69, 9.17) is 0 Å². The van der Waals surface area contributed by atoms with E-state index >= 15 is 0 Å². The number of nitrogens with one attached hydrogen (secondary N) is 1. The van der Waals surface area contributed by atoms with Crippen LogP contribution in [0.25, 0.3) is 0 Å². The lowest BCUT2D eigenvalue weighted by Gasteiger charge is -2.39. The van der Waals surface area contributed by atoms with Crippen molar-refractivity contribution >= 4 is 29.9 Å². The van der Waals surface area contributed by atoms with Crippen LogP contribution in [0.4, 0.5) is 26.3 Å². The SMILES string of the molecule is CN=C(NCc1cccc(COCC(F)(F)F)c1)N1CCN(C(C)C(F)(F)F)CC1.I. The fourth-order valence-corrected chi connectivity index (χ4v) is 3.16. The first-order chi connectivity index (χ1) is 14.0. The Hall–Kier alpha value is -1.28. The number of ether oxygens (including phenoxy) is 1. The quantitative estimate of drug-likeness (QED) is 0.244. The Bertz CT molecular complexity index is 705. The zero-order valence-electron chi connectivity index (χ0n) is 17.3. The van der Waals surface area contributed by atoms with E-state index in [2.05, 4.69) is 15.0 Å². The maximum absolute atomic E-state index is 12.9. The minimum absolute atomic E-state index is 0. The van der Waals surface area contributed by atoms with Crippen molar-refractivity contribution in [1.29, 1.82) is 0 Å². The normalized spacial score (nSPS) is 17.3. The largest absolute Gasteiger partial charge is 0.411 e. The van der Waals surface area contributed by atoms with Crippen LogP contribution < -0.4 is 5.32 Å². The molecule has 1 fully saturated rings. The molecule has 1 heterocycles. The first kappa shape index (κ1) is 27.8. The van der Waals surface area contributed by atoms with Gasteiger partial charge in [0.15, 0.2) is 5.96 Å². The van der Waals surface area contributed by atoms with Crippen molar-refractivity contribution in [2.75, 3.05) is 39.8 Å². The highest BCUT2D eigenvalue weighted by molar-refractivity contribution is 14.0. The van der Waals surface area contributed by atoms with E-state index in [1.54, 1.807) is 25.2 Å². The van der Waals surface area contributed by atoms with Crippen molar-refractivity contribution < 1.29 is 31.1 Å². The van der Waals surface area contributed by atoms with Crippen LogP contribution in [-0.4, -0.2) is 74.0 Å². The Morgan fingerprint density at radius 1 is 1.10 bits per heavy atom. The molecule has 31 heavy (non-hydrogen) atoms. The molecule has 1 aliphatic rings. The van der Waals surface area contributed by atoms with E-state index in [0.717, 1.165) is 12.5 Å². The van der Waals surface area contributed by atoms with E-state index in [-0.39, 0.29) is 43.7 Å². The summed E-state index contributed by atoms with van der Waals surface area (Å²) in [6.45, 7) is 1.44. The van der Waals surface area contributed by atoms with Crippen LogP contribution in [0.2, 0.25) is 0 Å². The van der Waals surface area contributed by atoms with Gasteiger partial charge in [0.2, 0.25) is 0 Å². The molecule has 1 aromatic rings. The number of benzene rings is 1. The predicted molar refractivity (Wildman–Crippen MR) is 116 cm³/mol. The Kier molecular flexibility index (Phi) is 10.8. The molecule has 0 aliphatic carbocycles. The van der Waals surface area contributed by atoms with Crippen LogP contribution in [0.3, 0.4) is 0 Å². The maximum Gasteiger partial charge on any atom is 0.411 e. The number of guanidine groups is 1. The first-order valence-electron chi connectivity index (χ1n) is 9.48. The topological polar surface area (TPSA) is 40.1 Å². The minimum atomic E-state index is -4.37. The fourth-order valence-electron chi connectivity index (χ4n) is 3.16. The number of hydrogen-bond donors (Lipinski definition) is 1. The van der Waals surface area contributed by atoms with Crippen molar-refractivity contribution in [1.82, 2.24) is 15.1 Å². The van der Waals surface area contributed by atoms with Gasteiger partial charge in [0, 0.05) is 39.8 Å². The second-order valence-electron chi connectivity index (χ2n) is 7.07. The summed E-state index contributed by atoms with van der Waals surface area (Å²) in [6, 6.07) is 5.46. The molecule has 1 aromatic carbocycles. The Morgan fingerprint density at radius 3 is 2.26 bits per heavy atom. The average Bonchev–Trinajstić information content (AvgIpc) is 2.67. The van der Waals surface area contributed by atoms with Gasteiger partial charge in [-0.25, -0.2) is 0 Å². The zero-order chi connectivity index (χ0) is 22.4. The minimum Gasteiger partial charge on any atom is -0.367 e. The lowest BCUT2D eigenvalue weighted by molar-refractivity contribution is -0.181. The molecule has 0 saturated carbocycles. The number of halogens is 7. The van der Waals surface area contributed by atoms with Gasteiger partial charge in [-0.2, -0.15) is 26.3 Å². The zero-order valence-corrected chi connectivity index (χ0v) is 19.6. The lowest BCUT2D eigenvalue weighted by Crippen LogP contribution is -2.56. The van der Waals surface area contributed by atoms with Crippen molar-refractivity contribution in [3.8, 4) is 0 Å². The van der Waals surface area contributed by atoms with E-state index in [1.165, 1.54) is 4.90 Å². The molecule has 1 atom stereocenters. The number of rotatable bonds is 6. The molecule has 1 N–H and O–H groups in total. The van der Waals surface area contributed by atoms with Crippen LogP contribution in [0.15, 0.2) is 29.3 Å². The second-order valence-corrected chi connectivity index (χ2v) is 7.07. The molecular formula is C19H27F6IN4O. The van der Waals surface area contributed by atoms with Crippen LogP contribution >= 0.6 is 24.0 Å². The Balaban J connectivity index is 0.00000480. The van der Waals surface area contributed by atoms with Crippen LogP contribution in [-0.2, 0) is 17.9 Å². The Labute approximate surface area is 194 Å². The summed E-state index contributed by atoms with van der Waals surface area (Å²) in [5.41, 5.74) is 1.44. The highest BCUT2D eigenvalue weighted by Crippen LogP contribution is 2.25. The van der Waals surface area contributed by atoms with Crippen molar-refractivity contribution in [2.24, 2.45) is 4.99 Å². The van der Waals surface area contributed by atoms with Crippen LogP contribution in [0.5, 0.6) is 0 Å². The van der Waals surface area contributed by atoms with Crippen LogP contribution in [0.1, 0.15) is 18.1 Å². The van der Waals surface area contributed by atoms with Crippen LogP contribution in [0, 0.1) is 0 Å². The third kappa shape index (κ3) is 9.39. The predicted octanol–water partition coefficient (Wildman–Crippen LogP) is 4.03. The molecule has 0 bridgehead atoms. The second kappa shape index (κ2) is 12.1. The number of alkyl halides is 6. The van der Waals surface area contributed by atoms with Gasteiger partial charge < -0.3 is 15.0 Å². The molecule has 0 radical (unpaired) electrons. The van der Waals surface area contributed by atoms with E-state index in [9.17, 15) is 26.3 Å². The van der Waals surface area contributed by atoms with E-state index in [1.807, 2.05) is 11.0 Å². The van der Waals surface area contributed by atoms with Gasteiger partial charge in [0.1, 0.15) is 12.6 Å². The maximum atomic E-state index is 12.9. The number of aliphatic imine (C=N–C) groups is 1. The monoisotopic (exact) mass is 568 g/mol. The number of nitrogens with zero attached hydrogens (tertiary/aromatic N) is 3. The van der Waals surface area contributed by atoms with Gasteiger partial charge in [0.05, 0.1) is 6.61 Å². The first-order valence-corrected chi connectivity index (χ1v) is 9.48. The molecule has 5 nitrogen and oxygen atoms in total. The molecule has 0 spiro atoms. The molecule has 1 saturated heterocycles. The van der Waals surface area contributed by atoms with Crippen molar-refractivity contribution in [2.45, 2.75) is 38.5 Å². The van der Waals surface area contributed by atoms with E-state index in [0.29, 0.717) is 31.2 Å². The highest BCUT2D eigenvalue weighted by atomic mass is 127. The lowest BCUT2D eigenvalue weighted by atomic mass is 10.1. The van der Waals surface area contributed by atoms with Gasteiger partial charge in [0.25, 0.3) is 0 Å². The molecule has 0 aromatic heterocycles. The van der Waals surface area contributed by atoms with Gasteiger partial charge in [-0.05, 0) is 18.1 Å². The number of piperazine rings is 1. The van der Waals surface area contributed by atoms with Crippen molar-refractivity contribution in [3.63, 3.8) is 0 Å².